The number of halogens is 1. The molecule has 5 heteroatoms. The van der Waals surface area contributed by atoms with E-state index < -0.39 is 0 Å². The first-order valence-electron chi connectivity index (χ1n) is 6.83. The van der Waals surface area contributed by atoms with Crippen LogP contribution in [0.25, 0.3) is 0 Å². The number of nitrogens with zero attached hydrogens (tertiary/aromatic N) is 1. The van der Waals surface area contributed by atoms with Gasteiger partial charge in [-0.15, -0.1) is 12.4 Å². The van der Waals surface area contributed by atoms with Crippen LogP contribution in [0.4, 0.5) is 0 Å². The molecule has 0 radical (unpaired) electrons. The fourth-order valence-electron chi connectivity index (χ4n) is 2.88. The van der Waals surface area contributed by atoms with Crippen LogP contribution in [0.1, 0.15) is 39.7 Å². The maximum atomic E-state index is 12.5. The third-order valence-electron chi connectivity index (χ3n) is 3.99. The lowest BCUT2D eigenvalue weighted by atomic mass is 10.1. The first-order valence-corrected chi connectivity index (χ1v) is 6.83. The SMILES string of the molecule is CN(C(=O)c1coc(CN)c1)C1CCc2ccccc21.Cl. The van der Waals surface area contributed by atoms with Crippen LogP contribution in [0.2, 0.25) is 0 Å². The topological polar surface area (TPSA) is 59.5 Å². The lowest BCUT2D eigenvalue weighted by Crippen LogP contribution is -2.29. The smallest absolute Gasteiger partial charge is 0.257 e. The molecule has 0 saturated carbocycles. The number of furan rings is 1. The number of fused-ring (bicyclic) bond motifs is 1. The molecule has 0 fully saturated rings. The van der Waals surface area contributed by atoms with Gasteiger partial charge >= 0.3 is 0 Å². The molecule has 0 aliphatic heterocycles. The van der Waals surface area contributed by atoms with Gasteiger partial charge in [0.25, 0.3) is 5.91 Å². The lowest BCUT2D eigenvalue weighted by molar-refractivity contribution is 0.0730. The van der Waals surface area contributed by atoms with E-state index in [1.54, 1.807) is 11.0 Å². The minimum atomic E-state index is -0.0184. The van der Waals surface area contributed by atoms with Crippen LogP contribution >= 0.6 is 12.4 Å². The van der Waals surface area contributed by atoms with Crippen molar-refractivity contribution in [3.63, 3.8) is 0 Å². The molecule has 112 valence electrons. The van der Waals surface area contributed by atoms with Crippen LogP contribution in [0, 0.1) is 0 Å². The first-order chi connectivity index (χ1) is 9.70. The third-order valence-corrected chi connectivity index (χ3v) is 3.99. The number of carbonyl (C=O) groups excluding carboxylic acids is 1. The van der Waals surface area contributed by atoms with Crippen LogP contribution < -0.4 is 5.73 Å². The molecular weight excluding hydrogens is 288 g/mol. The van der Waals surface area contributed by atoms with Crippen molar-refractivity contribution in [3.8, 4) is 0 Å². The average molecular weight is 307 g/mol. The van der Waals surface area contributed by atoms with Gasteiger partial charge in [0, 0.05) is 7.05 Å². The van der Waals surface area contributed by atoms with Crippen molar-refractivity contribution in [1.29, 1.82) is 0 Å². The fraction of sp³-hybridized carbons (Fsp3) is 0.312. The predicted molar refractivity (Wildman–Crippen MR) is 83.4 cm³/mol. The Morgan fingerprint density at radius 3 is 2.90 bits per heavy atom. The summed E-state index contributed by atoms with van der Waals surface area (Å²) >= 11 is 0. The van der Waals surface area contributed by atoms with Gasteiger partial charge < -0.3 is 15.1 Å². The van der Waals surface area contributed by atoms with E-state index >= 15 is 0 Å². The van der Waals surface area contributed by atoms with Gasteiger partial charge in [-0.05, 0) is 30.0 Å². The van der Waals surface area contributed by atoms with Gasteiger partial charge in [-0.3, -0.25) is 4.79 Å². The number of nitrogens with two attached hydrogens (primary N) is 1. The first kappa shape index (κ1) is 15.6. The second-order valence-electron chi connectivity index (χ2n) is 5.18. The summed E-state index contributed by atoms with van der Waals surface area (Å²) in [5.74, 6) is 0.615. The number of benzene rings is 1. The van der Waals surface area contributed by atoms with E-state index in [4.69, 9.17) is 10.2 Å². The molecule has 1 unspecified atom stereocenters. The van der Waals surface area contributed by atoms with Gasteiger partial charge in [-0.25, -0.2) is 0 Å². The van der Waals surface area contributed by atoms with Crippen molar-refractivity contribution < 1.29 is 9.21 Å². The molecule has 1 amide bonds. The minimum Gasteiger partial charge on any atom is -0.467 e. The van der Waals surface area contributed by atoms with Crippen LogP contribution in [-0.4, -0.2) is 17.9 Å². The van der Waals surface area contributed by atoms with Crippen LogP contribution in [0.5, 0.6) is 0 Å². The highest BCUT2D eigenvalue weighted by Gasteiger charge is 2.29. The van der Waals surface area contributed by atoms with Gasteiger partial charge in [0.05, 0.1) is 18.2 Å². The van der Waals surface area contributed by atoms with E-state index in [1.165, 1.54) is 17.4 Å². The molecule has 21 heavy (non-hydrogen) atoms. The van der Waals surface area contributed by atoms with E-state index in [1.807, 2.05) is 19.2 Å². The Kier molecular flexibility index (Phi) is 4.70. The van der Waals surface area contributed by atoms with E-state index in [-0.39, 0.29) is 24.4 Å². The molecule has 1 heterocycles. The molecule has 1 aromatic carbocycles. The second kappa shape index (κ2) is 6.33. The van der Waals surface area contributed by atoms with Crippen molar-refractivity contribution in [2.24, 2.45) is 5.73 Å². The Labute approximate surface area is 130 Å². The van der Waals surface area contributed by atoms with Crippen molar-refractivity contribution in [1.82, 2.24) is 4.90 Å². The zero-order valence-electron chi connectivity index (χ0n) is 11.9. The Morgan fingerprint density at radius 2 is 2.19 bits per heavy atom. The molecule has 0 saturated heterocycles. The number of aryl methyl sites for hydroxylation is 1. The minimum absolute atomic E-state index is 0. The summed E-state index contributed by atoms with van der Waals surface area (Å²) < 4.78 is 5.24. The largest absolute Gasteiger partial charge is 0.467 e. The molecule has 0 bridgehead atoms. The van der Waals surface area contributed by atoms with E-state index in [2.05, 4.69) is 12.1 Å². The van der Waals surface area contributed by atoms with Gasteiger partial charge in [-0.2, -0.15) is 0 Å². The summed E-state index contributed by atoms with van der Waals surface area (Å²) in [6.07, 6.45) is 3.49. The highest BCUT2D eigenvalue weighted by atomic mass is 35.5. The number of carbonyl (C=O) groups is 1. The van der Waals surface area contributed by atoms with Gasteiger partial charge in [0.15, 0.2) is 0 Å². The number of rotatable bonds is 3. The number of amides is 1. The second-order valence-corrected chi connectivity index (χ2v) is 5.18. The zero-order valence-corrected chi connectivity index (χ0v) is 12.7. The zero-order chi connectivity index (χ0) is 14.1. The summed E-state index contributed by atoms with van der Waals surface area (Å²) in [4.78, 5) is 14.3. The van der Waals surface area contributed by atoms with E-state index in [0.717, 1.165) is 12.8 Å². The molecule has 0 spiro atoms. The molecule has 3 rings (SSSR count). The Morgan fingerprint density at radius 1 is 1.43 bits per heavy atom. The molecule has 1 atom stereocenters. The lowest BCUT2D eigenvalue weighted by Gasteiger charge is -2.25. The Bertz CT molecular complexity index is 639. The molecule has 1 aliphatic carbocycles. The Hall–Kier alpha value is -1.78. The molecule has 2 aromatic rings. The summed E-state index contributed by atoms with van der Waals surface area (Å²) in [5.41, 5.74) is 8.67. The molecule has 4 nitrogen and oxygen atoms in total. The summed E-state index contributed by atoms with van der Waals surface area (Å²) in [6, 6.07) is 10.2. The van der Waals surface area contributed by atoms with Crippen molar-refractivity contribution in [3.05, 3.63) is 59.0 Å². The quantitative estimate of drug-likeness (QED) is 0.948. The van der Waals surface area contributed by atoms with Crippen molar-refractivity contribution in [2.75, 3.05) is 7.05 Å². The fourth-order valence-corrected chi connectivity index (χ4v) is 2.88. The maximum Gasteiger partial charge on any atom is 0.257 e. The normalized spacial score (nSPS) is 16.2. The summed E-state index contributed by atoms with van der Waals surface area (Å²) in [5, 5.41) is 0. The highest BCUT2D eigenvalue weighted by molar-refractivity contribution is 5.94. The van der Waals surface area contributed by atoms with E-state index in [9.17, 15) is 4.79 Å². The van der Waals surface area contributed by atoms with Crippen molar-refractivity contribution in [2.45, 2.75) is 25.4 Å². The molecular formula is C16H19ClN2O2. The van der Waals surface area contributed by atoms with E-state index in [0.29, 0.717) is 17.9 Å². The average Bonchev–Trinajstić information content (AvgIpc) is 3.12. The molecule has 2 N–H and O–H groups in total. The molecule has 1 aliphatic rings. The van der Waals surface area contributed by atoms with Gasteiger partial charge in [0.2, 0.25) is 0 Å². The van der Waals surface area contributed by atoms with Crippen LogP contribution in [0.3, 0.4) is 0 Å². The molecule has 1 aromatic heterocycles. The summed E-state index contributed by atoms with van der Waals surface area (Å²) in [7, 11) is 1.85. The monoisotopic (exact) mass is 306 g/mol. The van der Waals surface area contributed by atoms with Crippen LogP contribution in [-0.2, 0) is 13.0 Å². The third kappa shape index (κ3) is 2.82. The number of hydrogen-bond donors (Lipinski definition) is 1. The maximum absolute atomic E-state index is 12.5. The van der Waals surface area contributed by atoms with Crippen molar-refractivity contribution >= 4 is 18.3 Å². The van der Waals surface area contributed by atoms with Crippen LogP contribution in [0.15, 0.2) is 41.0 Å². The number of hydrogen-bond acceptors (Lipinski definition) is 3. The Balaban J connectivity index is 0.00000161. The predicted octanol–water partition coefficient (Wildman–Crippen LogP) is 2.92. The van der Waals surface area contributed by atoms with Gasteiger partial charge in [-0.1, -0.05) is 24.3 Å². The standard InChI is InChI=1S/C16H18N2O2.ClH/c1-18(16(19)12-8-13(9-17)20-10-12)15-7-6-11-4-2-3-5-14(11)15;/h2-5,8,10,15H,6-7,9,17H2,1H3;1H. The summed E-state index contributed by atoms with van der Waals surface area (Å²) in [6.45, 7) is 0.309. The highest BCUT2D eigenvalue weighted by Crippen LogP contribution is 2.35. The van der Waals surface area contributed by atoms with Gasteiger partial charge in [0.1, 0.15) is 12.0 Å².